The third-order valence-corrected chi connectivity index (χ3v) is 4.67. The molecule has 1 aliphatic carbocycles. The summed E-state index contributed by atoms with van der Waals surface area (Å²) in [6.45, 7) is 0. The summed E-state index contributed by atoms with van der Waals surface area (Å²) in [7, 11) is 0. The standard InChI is InChI=1S/C24H15.Li/c1-3-9-17(10-4-1)23(18-11-5-2-6-12-18)24-21-15-19-13-7-8-14-20(19)16-22(21)24;/h1-7,9-16H;/q-1;+1. The minimum absolute atomic E-state index is 0. The molecule has 25 heavy (non-hydrogen) atoms. The smallest absolute Gasteiger partial charge is 0.183 e. The zero-order valence-electron chi connectivity index (χ0n) is 14.2. The largest absolute Gasteiger partial charge is 1.00 e. The Labute approximate surface area is 160 Å². The quantitative estimate of drug-likeness (QED) is 0.347. The van der Waals surface area contributed by atoms with Crippen molar-refractivity contribution in [1.82, 2.24) is 0 Å². The van der Waals surface area contributed by atoms with Crippen LogP contribution in [-0.4, -0.2) is 0 Å². The van der Waals surface area contributed by atoms with Gasteiger partial charge in [-0.15, -0.1) is 16.8 Å². The molecule has 0 spiro atoms. The molecule has 5 rings (SSSR count). The molecule has 0 saturated heterocycles. The van der Waals surface area contributed by atoms with Gasteiger partial charge in [0.15, 0.2) is 0 Å². The van der Waals surface area contributed by atoms with Crippen molar-refractivity contribution in [1.29, 1.82) is 0 Å². The second kappa shape index (κ2) is 6.41. The Morgan fingerprint density at radius 3 is 1.80 bits per heavy atom. The normalized spacial score (nSPS) is 11.6. The molecule has 1 aliphatic rings. The summed E-state index contributed by atoms with van der Waals surface area (Å²) in [5, 5.41) is 2.54. The first-order valence-electron chi connectivity index (χ1n) is 8.21. The van der Waals surface area contributed by atoms with E-state index in [0.29, 0.717) is 0 Å². The van der Waals surface area contributed by atoms with Gasteiger partial charge in [0.1, 0.15) is 0 Å². The van der Waals surface area contributed by atoms with Crippen LogP contribution in [0, 0.1) is 6.07 Å². The summed E-state index contributed by atoms with van der Waals surface area (Å²) in [4.78, 5) is 0. The monoisotopic (exact) mass is 310 g/mol. The van der Waals surface area contributed by atoms with Crippen LogP contribution in [0.2, 0.25) is 0 Å². The Bertz CT molecular complexity index is 991. The van der Waals surface area contributed by atoms with Gasteiger partial charge in [-0.2, -0.15) is 24.3 Å². The molecule has 0 heterocycles. The fourth-order valence-corrected chi connectivity index (χ4v) is 3.47. The molecule has 0 bridgehead atoms. The van der Waals surface area contributed by atoms with Crippen LogP contribution in [0.4, 0.5) is 0 Å². The molecule has 4 aromatic carbocycles. The van der Waals surface area contributed by atoms with Crippen molar-refractivity contribution >= 4 is 21.9 Å². The molecule has 0 N–H and O–H groups in total. The fourth-order valence-electron chi connectivity index (χ4n) is 3.47. The molecule has 0 amide bonds. The van der Waals surface area contributed by atoms with Crippen LogP contribution in [0.1, 0.15) is 22.3 Å². The van der Waals surface area contributed by atoms with E-state index in [4.69, 9.17) is 0 Å². The average molecular weight is 310 g/mol. The zero-order chi connectivity index (χ0) is 15.9. The summed E-state index contributed by atoms with van der Waals surface area (Å²) in [5.41, 5.74) is 7.98. The van der Waals surface area contributed by atoms with E-state index in [2.05, 4.69) is 91.0 Å². The number of rotatable bonds is 2. The van der Waals surface area contributed by atoms with Crippen molar-refractivity contribution in [3.05, 3.63) is 119 Å². The van der Waals surface area contributed by atoms with Crippen LogP contribution in [-0.2, 0) is 0 Å². The van der Waals surface area contributed by atoms with E-state index in [1.807, 2.05) is 6.07 Å². The molecule has 0 fully saturated rings. The van der Waals surface area contributed by atoms with Crippen molar-refractivity contribution in [3.63, 3.8) is 0 Å². The van der Waals surface area contributed by atoms with Crippen LogP contribution in [0.15, 0.2) is 91.0 Å². The molecule has 0 atom stereocenters. The van der Waals surface area contributed by atoms with Gasteiger partial charge in [-0.25, -0.2) is 0 Å². The molecule has 0 aliphatic heterocycles. The summed E-state index contributed by atoms with van der Waals surface area (Å²) in [5.74, 6) is 0. The van der Waals surface area contributed by atoms with Crippen LogP contribution >= 0.6 is 0 Å². The molecular weight excluding hydrogens is 295 g/mol. The van der Waals surface area contributed by atoms with Gasteiger partial charge in [-0.3, -0.25) is 0 Å². The topological polar surface area (TPSA) is 0 Å². The Morgan fingerprint density at radius 2 is 1.20 bits per heavy atom. The van der Waals surface area contributed by atoms with Crippen molar-refractivity contribution in [3.8, 4) is 0 Å². The number of fused-ring (bicyclic) bond motifs is 2. The van der Waals surface area contributed by atoms with Crippen molar-refractivity contribution in [2.24, 2.45) is 0 Å². The zero-order valence-corrected chi connectivity index (χ0v) is 14.2. The van der Waals surface area contributed by atoms with Gasteiger partial charge in [-0.1, -0.05) is 66.7 Å². The maximum Gasteiger partial charge on any atom is 1.00 e. The number of hydrogen-bond acceptors (Lipinski definition) is 0. The predicted octanol–water partition coefficient (Wildman–Crippen LogP) is 2.96. The van der Waals surface area contributed by atoms with Gasteiger partial charge in [-0.05, 0) is 33.4 Å². The van der Waals surface area contributed by atoms with Crippen LogP contribution in [0.5, 0.6) is 0 Å². The second-order valence-electron chi connectivity index (χ2n) is 6.15. The minimum atomic E-state index is 0. The van der Waals surface area contributed by atoms with Gasteiger partial charge in [0, 0.05) is 0 Å². The van der Waals surface area contributed by atoms with Gasteiger partial charge in [0.25, 0.3) is 0 Å². The fraction of sp³-hybridized carbons (Fsp3) is 0. The maximum atomic E-state index is 3.18. The van der Waals surface area contributed by atoms with E-state index in [1.54, 1.807) is 0 Å². The van der Waals surface area contributed by atoms with Crippen molar-refractivity contribution < 1.29 is 18.9 Å². The van der Waals surface area contributed by atoms with Crippen LogP contribution in [0.25, 0.3) is 21.9 Å². The summed E-state index contributed by atoms with van der Waals surface area (Å²) < 4.78 is 0. The predicted molar refractivity (Wildman–Crippen MR) is 101 cm³/mol. The maximum absolute atomic E-state index is 3.18. The SMILES string of the molecule is [Li+].[c-]1ccc2cc3c(cc2c1)C3=C(c1ccccc1)c1ccccc1. The van der Waals surface area contributed by atoms with Crippen molar-refractivity contribution in [2.75, 3.05) is 0 Å². The molecule has 0 saturated carbocycles. The van der Waals surface area contributed by atoms with Crippen LogP contribution in [0.3, 0.4) is 0 Å². The van der Waals surface area contributed by atoms with Crippen LogP contribution < -0.4 is 18.9 Å². The molecule has 1 heteroatoms. The summed E-state index contributed by atoms with van der Waals surface area (Å²) in [6, 6.07) is 35.3. The Balaban J connectivity index is 0.00000157. The van der Waals surface area contributed by atoms with Gasteiger partial charge >= 0.3 is 18.9 Å². The van der Waals surface area contributed by atoms with E-state index < -0.39 is 0 Å². The third kappa shape index (κ3) is 2.75. The molecule has 112 valence electrons. The van der Waals surface area contributed by atoms with E-state index >= 15 is 0 Å². The number of hydrogen-bond donors (Lipinski definition) is 0. The van der Waals surface area contributed by atoms with E-state index in [-0.39, 0.29) is 18.9 Å². The first-order chi connectivity index (χ1) is 11.9. The van der Waals surface area contributed by atoms with Gasteiger partial charge < -0.3 is 0 Å². The second-order valence-corrected chi connectivity index (χ2v) is 6.15. The first-order valence-corrected chi connectivity index (χ1v) is 8.21. The average Bonchev–Trinajstić information content (AvgIpc) is 3.34. The Hall–Kier alpha value is -2.52. The Kier molecular flexibility index (Phi) is 4.10. The van der Waals surface area contributed by atoms with Crippen molar-refractivity contribution in [2.45, 2.75) is 0 Å². The molecule has 0 aromatic heterocycles. The van der Waals surface area contributed by atoms with E-state index in [9.17, 15) is 0 Å². The van der Waals surface area contributed by atoms with Gasteiger partial charge in [0.2, 0.25) is 0 Å². The van der Waals surface area contributed by atoms with E-state index in [1.165, 1.54) is 44.2 Å². The molecule has 0 radical (unpaired) electrons. The summed E-state index contributed by atoms with van der Waals surface area (Å²) >= 11 is 0. The van der Waals surface area contributed by atoms with E-state index in [0.717, 1.165) is 0 Å². The van der Waals surface area contributed by atoms with Gasteiger partial charge in [0.05, 0.1) is 0 Å². The first kappa shape index (κ1) is 16.0. The molecule has 4 aromatic rings. The number of benzene rings is 4. The molecule has 0 unspecified atom stereocenters. The Morgan fingerprint density at radius 1 is 0.640 bits per heavy atom. The molecule has 0 nitrogen and oxygen atoms in total. The third-order valence-electron chi connectivity index (χ3n) is 4.67. The summed E-state index contributed by atoms with van der Waals surface area (Å²) in [6.07, 6.45) is 0. The minimum Gasteiger partial charge on any atom is -0.183 e. The molecular formula is C24H15Li.